The topological polar surface area (TPSA) is 54.7 Å². The standard InChI is InChI=1S/C11H9N3S2/c1-7-4-2-3-5-8(7)14-10(13)9(6-12)16-11(14)15/h2-5H,13H2,1H3. The van der Waals surface area contributed by atoms with Crippen LogP contribution in [0.5, 0.6) is 0 Å². The second-order valence-corrected chi connectivity index (χ2v) is 4.96. The molecule has 0 saturated carbocycles. The number of benzene rings is 1. The molecule has 0 saturated heterocycles. The van der Waals surface area contributed by atoms with Crippen molar-refractivity contribution in [3.05, 3.63) is 38.7 Å². The number of rotatable bonds is 1. The van der Waals surface area contributed by atoms with E-state index in [2.05, 4.69) is 6.07 Å². The number of hydrogen-bond donors (Lipinski definition) is 1. The van der Waals surface area contributed by atoms with Gasteiger partial charge in [-0.2, -0.15) is 5.26 Å². The molecule has 0 fully saturated rings. The van der Waals surface area contributed by atoms with E-state index in [1.54, 1.807) is 4.57 Å². The Morgan fingerprint density at radius 3 is 2.69 bits per heavy atom. The number of para-hydroxylation sites is 1. The van der Waals surface area contributed by atoms with E-state index in [4.69, 9.17) is 23.2 Å². The number of anilines is 1. The highest BCUT2D eigenvalue weighted by Crippen LogP contribution is 2.26. The predicted octanol–water partition coefficient (Wildman–Crippen LogP) is 3.03. The first-order valence-electron chi connectivity index (χ1n) is 4.62. The van der Waals surface area contributed by atoms with Gasteiger partial charge in [0.2, 0.25) is 0 Å². The van der Waals surface area contributed by atoms with Crippen molar-refractivity contribution in [2.75, 3.05) is 5.73 Å². The number of thiazole rings is 1. The van der Waals surface area contributed by atoms with Gasteiger partial charge in [0.1, 0.15) is 16.8 Å². The van der Waals surface area contributed by atoms with Crippen molar-refractivity contribution in [1.82, 2.24) is 4.57 Å². The van der Waals surface area contributed by atoms with Crippen LogP contribution >= 0.6 is 23.6 Å². The zero-order chi connectivity index (χ0) is 11.7. The highest BCUT2D eigenvalue weighted by atomic mass is 32.1. The molecule has 3 nitrogen and oxygen atoms in total. The van der Waals surface area contributed by atoms with E-state index in [0.717, 1.165) is 11.3 Å². The second kappa shape index (κ2) is 4.08. The Bertz CT molecular complexity index is 631. The molecular formula is C11H9N3S2. The van der Waals surface area contributed by atoms with E-state index < -0.39 is 0 Å². The minimum absolute atomic E-state index is 0.423. The first-order valence-corrected chi connectivity index (χ1v) is 5.85. The van der Waals surface area contributed by atoms with Crippen LogP contribution in [0.15, 0.2) is 24.3 Å². The summed E-state index contributed by atoms with van der Waals surface area (Å²) in [5.41, 5.74) is 7.91. The highest BCUT2D eigenvalue weighted by molar-refractivity contribution is 7.73. The Morgan fingerprint density at radius 2 is 2.12 bits per heavy atom. The smallest absolute Gasteiger partial charge is 0.168 e. The zero-order valence-electron chi connectivity index (χ0n) is 8.60. The molecule has 2 N–H and O–H groups in total. The lowest BCUT2D eigenvalue weighted by Crippen LogP contribution is -2.02. The van der Waals surface area contributed by atoms with Gasteiger partial charge in [-0.25, -0.2) is 0 Å². The van der Waals surface area contributed by atoms with Crippen molar-refractivity contribution in [1.29, 1.82) is 5.26 Å². The highest BCUT2D eigenvalue weighted by Gasteiger charge is 2.11. The Labute approximate surface area is 102 Å². The van der Waals surface area contributed by atoms with Crippen LogP contribution in [0, 0.1) is 22.2 Å². The molecule has 5 heteroatoms. The number of aromatic nitrogens is 1. The summed E-state index contributed by atoms with van der Waals surface area (Å²) < 4.78 is 2.34. The van der Waals surface area contributed by atoms with Gasteiger partial charge < -0.3 is 5.73 Å². The third-order valence-electron chi connectivity index (χ3n) is 2.30. The number of nitriles is 1. The third-order valence-corrected chi connectivity index (χ3v) is 3.60. The molecule has 0 unspecified atom stereocenters. The van der Waals surface area contributed by atoms with Crippen LogP contribution in [0.25, 0.3) is 5.69 Å². The van der Waals surface area contributed by atoms with Gasteiger partial charge in [-0.1, -0.05) is 29.5 Å². The quantitative estimate of drug-likeness (QED) is 0.788. The SMILES string of the molecule is Cc1ccccc1-n1c(N)c(C#N)sc1=S. The second-order valence-electron chi connectivity index (χ2n) is 3.32. The number of nitrogens with zero attached hydrogens (tertiary/aromatic N) is 2. The molecule has 2 aromatic rings. The number of aryl methyl sites for hydroxylation is 1. The Kier molecular flexibility index (Phi) is 2.77. The summed E-state index contributed by atoms with van der Waals surface area (Å²) in [4.78, 5) is 0.466. The molecule has 80 valence electrons. The molecule has 0 atom stereocenters. The molecule has 2 rings (SSSR count). The lowest BCUT2D eigenvalue weighted by Gasteiger charge is -2.08. The van der Waals surface area contributed by atoms with Crippen LogP contribution < -0.4 is 5.73 Å². The molecule has 0 aliphatic heterocycles. The van der Waals surface area contributed by atoms with Crippen LogP contribution in [-0.2, 0) is 0 Å². The summed E-state index contributed by atoms with van der Waals surface area (Å²) in [7, 11) is 0. The lowest BCUT2D eigenvalue weighted by molar-refractivity contribution is 1.06. The predicted molar refractivity (Wildman–Crippen MR) is 68.3 cm³/mol. The van der Waals surface area contributed by atoms with Crippen LogP contribution in [0.4, 0.5) is 5.82 Å². The normalized spacial score (nSPS) is 10.0. The van der Waals surface area contributed by atoms with E-state index in [0.29, 0.717) is 14.6 Å². The number of nitrogen functional groups attached to an aromatic ring is 1. The molecule has 16 heavy (non-hydrogen) atoms. The average molecular weight is 247 g/mol. The molecule has 0 aliphatic rings. The van der Waals surface area contributed by atoms with Gasteiger partial charge >= 0.3 is 0 Å². The minimum atomic E-state index is 0.423. The minimum Gasteiger partial charge on any atom is -0.383 e. The molecule has 1 aromatic heterocycles. The fraction of sp³-hybridized carbons (Fsp3) is 0.0909. The summed E-state index contributed by atoms with van der Waals surface area (Å²) in [5, 5.41) is 8.89. The first kappa shape index (κ1) is 10.9. The number of nitrogens with two attached hydrogens (primary N) is 1. The Morgan fingerprint density at radius 1 is 1.44 bits per heavy atom. The summed E-state index contributed by atoms with van der Waals surface area (Å²) in [6, 6.07) is 9.86. The van der Waals surface area contributed by atoms with E-state index in [1.807, 2.05) is 31.2 Å². The summed E-state index contributed by atoms with van der Waals surface area (Å²) in [5.74, 6) is 0.423. The maximum atomic E-state index is 8.89. The van der Waals surface area contributed by atoms with Crippen LogP contribution in [-0.4, -0.2) is 4.57 Å². The van der Waals surface area contributed by atoms with Crippen molar-refractivity contribution < 1.29 is 0 Å². The van der Waals surface area contributed by atoms with Gasteiger partial charge in [0.25, 0.3) is 0 Å². The van der Waals surface area contributed by atoms with Crippen LogP contribution in [0.3, 0.4) is 0 Å². The van der Waals surface area contributed by atoms with Gasteiger partial charge in [0.15, 0.2) is 3.95 Å². The fourth-order valence-corrected chi connectivity index (χ4v) is 2.66. The van der Waals surface area contributed by atoms with Crippen molar-refractivity contribution in [2.45, 2.75) is 6.92 Å². The van der Waals surface area contributed by atoms with E-state index >= 15 is 0 Å². The maximum absolute atomic E-state index is 8.89. The molecule has 0 bridgehead atoms. The zero-order valence-corrected chi connectivity index (χ0v) is 10.2. The molecular weight excluding hydrogens is 238 g/mol. The Balaban J connectivity index is 2.76. The lowest BCUT2D eigenvalue weighted by atomic mass is 10.2. The molecule has 0 aliphatic carbocycles. The van der Waals surface area contributed by atoms with Gasteiger partial charge in [-0.15, -0.1) is 0 Å². The Hall–Kier alpha value is -1.64. The van der Waals surface area contributed by atoms with Crippen LogP contribution in [0.2, 0.25) is 0 Å². The summed E-state index contributed by atoms with van der Waals surface area (Å²) in [6.07, 6.45) is 0. The summed E-state index contributed by atoms with van der Waals surface area (Å²) >= 11 is 6.45. The van der Waals surface area contributed by atoms with Gasteiger partial charge in [-0.3, -0.25) is 4.57 Å². The van der Waals surface area contributed by atoms with Gasteiger partial charge in [0.05, 0.1) is 5.69 Å². The number of hydrogen-bond acceptors (Lipinski definition) is 4. The molecule has 1 aromatic carbocycles. The van der Waals surface area contributed by atoms with Crippen LogP contribution in [0.1, 0.15) is 10.4 Å². The van der Waals surface area contributed by atoms with Gasteiger partial charge in [0, 0.05) is 0 Å². The van der Waals surface area contributed by atoms with Crippen molar-refractivity contribution in [3.63, 3.8) is 0 Å². The monoisotopic (exact) mass is 247 g/mol. The van der Waals surface area contributed by atoms with E-state index in [1.165, 1.54) is 11.3 Å². The molecule has 0 amide bonds. The third kappa shape index (κ3) is 1.62. The van der Waals surface area contributed by atoms with Crippen molar-refractivity contribution in [2.24, 2.45) is 0 Å². The van der Waals surface area contributed by atoms with E-state index in [-0.39, 0.29) is 0 Å². The maximum Gasteiger partial charge on any atom is 0.168 e. The molecule has 1 heterocycles. The first-order chi connectivity index (χ1) is 7.65. The molecule has 0 radical (unpaired) electrons. The summed E-state index contributed by atoms with van der Waals surface area (Å²) in [6.45, 7) is 1.99. The average Bonchev–Trinajstić information content (AvgIpc) is 2.55. The largest absolute Gasteiger partial charge is 0.383 e. The van der Waals surface area contributed by atoms with E-state index in [9.17, 15) is 0 Å². The molecule has 0 spiro atoms. The van der Waals surface area contributed by atoms with Gasteiger partial charge in [-0.05, 0) is 30.8 Å². The van der Waals surface area contributed by atoms with Crippen molar-refractivity contribution in [3.8, 4) is 11.8 Å². The fourth-order valence-electron chi connectivity index (χ4n) is 1.51. The van der Waals surface area contributed by atoms with Crippen molar-refractivity contribution >= 4 is 29.4 Å².